The Morgan fingerprint density at radius 1 is 1.35 bits per heavy atom. The van der Waals surface area contributed by atoms with Gasteiger partial charge in [-0.3, -0.25) is 9.59 Å². The summed E-state index contributed by atoms with van der Waals surface area (Å²) >= 11 is 3.32. The molecular weight excluding hydrogens is 284 g/mol. The summed E-state index contributed by atoms with van der Waals surface area (Å²) in [5, 5.41) is 0. The molecule has 0 fully saturated rings. The summed E-state index contributed by atoms with van der Waals surface area (Å²) in [5.74, 6) is 0.0306. The fourth-order valence-corrected chi connectivity index (χ4v) is 1.74. The fraction of sp³-hybridized carbons (Fsp3) is 0.333. The fourth-order valence-electron chi connectivity index (χ4n) is 1.28. The maximum absolute atomic E-state index is 11.6. The van der Waals surface area contributed by atoms with E-state index in [0.717, 1.165) is 16.4 Å². The summed E-state index contributed by atoms with van der Waals surface area (Å²) in [4.78, 5) is 25.6. The maximum Gasteiger partial charge on any atom is 0.241 e. The van der Waals surface area contributed by atoms with Gasteiger partial charge in [-0.1, -0.05) is 0 Å². The van der Waals surface area contributed by atoms with Crippen LogP contribution >= 0.6 is 15.9 Å². The molecule has 0 atom stereocenters. The number of anilines is 1. The quantitative estimate of drug-likeness (QED) is 0.796. The van der Waals surface area contributed by atoms with Crippen molar-refractivity contribution in [1.29, 1.82) is 0 Å². The zero-order valence-corrected chi connectivity index (χ0v) is 11.7. The van der Waals surface area contributed by atoms with Crippen molar-refractivity contribution in [3.05, 3.63) is 28.2 Å². The highest BCUT2D eigenvalue weighted by atomic mass is 79.9. The third kappa shape index (κ3) is 3.56. The molecule has 17 heavy (non-hydrogen) atoms. The van der Waals surface area contributed by atoms with Crippen LogP contribution < -0.4 is 4.90 Å². The summed E-state index contributed by atoms with van der Waals surface area (Å²) in [5.41, 5.74) is 1.48. The summed E-state index contributed by atoms with van der Waals surface area (Å²) in [6.45, 7) is 0.305. The van der Waals surface area contributed by atoms with Gasteiger partial charge in [0, 0.05) is 36.9 Å². The minimum absolute atomic E-state index is 0.0306. The third-order valence-corrected chi connectivity index (χ3v) is 3.11. The lowest BCUT2D eigenvalue weighted by Gasteiger charge is -2.21. The first-order chi connectivity index (χ1) is 7.95. The Labute approximate surface area is 109 Å². The molecule has 0 saturated carbocycles. The van der Waals surface area contributed by atoms with Gasteiger partial charge in [0.25, 0.3) is 0 Å². The molecule has 0 heterocycles. The smallest absolute Gasteiger partial charge is 0.241 e. The van der Waals surface area contributed by atoms with Crippen molar-refractivity contribution in [1.82, 2.24) is 4.90 Å². The highest BCUT2D eigenvalue weighted by Gasteiger charge is 2.10. The lowest BCUT2D eigenvalue weighted by atomic mass is 10.2. The number of amides is 1. The summed E-state index contributed by atoms with van der Waals surface area (Å²) < 4.78 is 0.731. The number of rotatable bonds is 4. The van der Waals surface area contributed by atoms with Crippen LogP contribution in [0.25, 0.3) is 0 Å². The Morgan fingerprint density at radius 3 is 2.47 bits per heavy atom. The third-order valence-electron chi connectivity index (χ3n) is 2.42. The van der Waals surface area contributed by atoms with Crippen LogP contribution in [-0.2, 0) is 4.79 Å². The van der Waals surface area contributed by atoms with Gasteiger partial charge >= 0.3 is 0 Å². The normalized spacial score (nSPS) is 9.88. The monoisotopic (exact) mass is 298 g/mol. The van der Waals surface area contributed by atoms with E-state index < -0.39 is 0 Å². The Morgan fingerprint density at radius 2 is 2.00 bits per heavy atom. The lowest BCUT2D eigenvalue weighted by molar-refractivity contribution is -0.127. The highest BCUT2D eigenvalue weighted by Crippen LogP contribution is 2.22. The first kappa shape index (κ1) is 13.7. The first-order valence-corrected chi connectivity index (χ1v) is 5.91. The molecule has 0 unspecified atom stereocenters. The van der Waals surface area contributed by atoms with Gasteiger partial charge < -0.3 is 9.80 Å². The van der Waals surface area contributed by atoms with E-state index >= 15 is 0 Å². The van der Waals surface area contributed by atoms with Crippen molar-refractivity contribution in [3.8, 4) is 0 Å². The van der Waals surface area contributed by atoms with E-state index in [9.17, 15) is 9.59 Å². The van der Waals surface area contributed by atoms with Crippen molar-refractivity contribution >= 4 is 33.8 Å². The van der Waals surface area contributed by atoms with E-state index in [1.807, 2.05) is 24.1 Å². The van der Waals surface area contributed by atoms with Crippen LogP contribution in [0.4, 0.5) is 5.69 Å². The van der Waals surface area contributed by atoms with E-state index in [2.05, 4.69) is 15.9 Å². The predicted octanol–water partition coefficient (Wildman–Crippen LogP) is 1.79. The van der Waals surface area contributed by atoms with Crippen LogP contribution in [0.3, 0.4) is 0 Å². The second-order valence-corrected chi connectivity index (χ2v) is 4.82. The minimum atomic E-state index is 0.0306. The van der Waals surface area contributed by atoms with Crippen LogP contribution in [0.1, 0.15) is 10.4 Å². The number of halogens is 1. The minimum Gasteiger partial charge on any atom is -0.365 e. The summed E-state index contributed by atoms with van der Waals surface area (Å²) in [6, 6.07) is 5.37. The van der Waals surface area contributed by atoms with Crippen molar-refractivity contribution in [2.75, 3.05) is 32.6 Å². The SMILES string of the molecule is CN(C)C(=O)CN(C)c1ccc(C=O)c(Br)c1. The maximum atomic E-state index is 11.6. The molecule has 0 bridgehead atoms. The number of hydrogen-bond acceptors (Lipinski definition) is 3. The molecule has 0 aliphatic heterocycles. The molecule has 1 aromatic carbocycles. The van der Waals surface area contributed by atoms with Gasteiger partial charge in [-0.2, -0.15) is 0 Å². The Kier molecular flexibility index (Phi) is 4.69. The standard InChI is InChI=1S/C12H15BrN2O2/c1-14(2)12(17)7-15(3)10-5-4-9(8-16)11(13)6-10/h4-6,8H,7H2,1-3H3. The molecular formula is C12H15BrN2O2. The number of likely N-dealkylation sites (N-methyl/N-ethyl adjacent to an activating group) is 2. The van der Waals surface area contributed by atoms with Crippen molar-refractivity contribution in [3.63, 3.8) is 0 Å². The van der Waals surface area contributed by atoms with Gasteiger partial charge in [0.1, 0.15) is 0 Å². The second kappa shape index (κ2) is 5.82. The molecule has 0 saturated heterocycles. The summed E-state index contributed by atoms with van der Waals surface area (Å²) in [6.07, 6.45) is 0.791. The molecule has 0 radical (unpaired) electrons. The number of hydrogen-bond donors (Lipinski definition) is 0. The van der Waals surface area contributed by atoms with E-state index in [0.29, 0.717) is 12.1 Å². The van der Waals surface area contributed by atoms with Gasteiger partial charge in [0.2, 0.25) is 5.91 Å². The van der Waals surface area contributed by atoms with Crippen molar-refractivity contribution < 1.29 is 9.59 Å². The molecule has 1 aromatic rings. The van der Waals surface area contributed by atoms with Crippen LogP contribution in [0.15, 0.2) is 22.7 Å². The van der Waals surface area contributed by atoms with Crippen LogP contribution in [0.2, 0.25) is 0 Å². The van der Waals surface area contributed by atoms with Gasteiger partial charge in [0.15, 0.2) is 6.29 Å². The molecule has 0 spiro atoms. The number of aldehydes is 1. The van der Waals surface area contributed by atoms with Crippen LogP contribution in [0.5, 0.6) is 0 Å². The Hall–Kier alpha value is -1.36. The topological polar surface area (TPSA) is 40.6 Å². The van der Waals surface area contributed by atoms with Crippen LogP contribution in [-0.4, -0.2) is 44.8 Å². The van der Waals surface area contributed by atoms with E-state index in [-0.39, 0.29) is 5.91 Å². The Balaban J connectivity index is 2.83. The number of benzene rings is 1. The number of carbonyl (C=O) groups is 2. The molecule has 0 aliphatic carbocycles. The average molecular weight is 299 g/mol. The van der Waals surface area contributed by atoms with E-state index in [1.54, 1.807) is 25.1 Å². The highest BCUT2D eigenvalue weighted by molar-refractivity contribution is 9.10. The van der Waals surface area contributed by atoms with E-state index in [4.69, 9.17) is 0 Å². The van der Waals surface area contributed by atoms with Gasteiger partial charge in [-0.05, 0) is 34.1 Å². The molecule has 0 aromatic heterocycles. The van der Waals surface area contributed by atoms with Gasteiger partial charge in [0.05, 0.1) is 6.54 Å². The van der Waals surface area contributed by atoms with E-state index in [1.165, 1.54) is 0 Å². The molecule has 0 aliphatic rings. The molecule has 4 nitrogen and oxygen atoms in total. The molecule has 5 heteroatoms. The average Bonchev–Trinajstić information content (AvgIpc) is 2.28. The molecule has 1 rings (SSSR count). The zero-order chi connectivity index (χ0) is 13.0. The van der Waals surface area contributed by atoms with Gasteiger partial charge in [-0.15, -0.1) is 0 Å². The lowest BCUT2D eigenvalue weighted by Crippen LogP contribution is -2.34. The van der Waals surface area contributed by atoms with Gasteiger partial charge in [-0.25, -0.2) is 0 Å². The zero-order valence-electron chi connectivity index (χ0n) is 10.1. The first-order valence-electron chi connectivity index (χ1n) is 5.11. The molecule has 1 amide bonds. The Bertz CT molecular complexity index is 433. The number of nitrogens with zero attached hydrogens (tertiary/aromatic N) is 2. The largest absolute Gasteiger partial charge is 0.365 e. The summed E-state index contributed by atoms with van der Waals surface area (Å²) in [7, 11) is 5.28. The van der Waals surface area contributed by atoms with Crippen LogP contribution in [0, 0.1) is 0 Å². The predicted molar refractivity (Wildman–Crippen MR) is 71.5 cm³/mol. The van der Waals surface area contributed by atoms with Crippen molar-refractivity contribution in [2.45, 2.75) is 0 Å². The number of carbonyl (C=O) groups excluding carboxylic acids is 2. The molecule has 92 valence electrons. The molecule has 0 N–H and O–H groups in total. The second-order valence-electron chi connectivity index (χ2n) is 3.97. The van der Waals surface area contributed by atoms with Crippen molar-refractivity contribution in [2.24, 2.45) is 0 Å².